The van der Waals surface area contributed by atoms with E-state index in [4.69, 9.17) is 16.7 Å². The van der Waals surface area contributed by atoms with Crippen molar-refractivity contribution in [1.82, 2.24) is 5.32 Å². The van der Waals surface area contributed by atoms with Crippen LogP contribution in [-0.2, 0) is 6.42 Å². The first-order valence-electron chi connectivity index (χ1n) is 5.04. The predicted molar refractivity (Wildman–Crippen MR) is 59.7 cm³/mol. The number of hydrogen-bond acceptors (Lipinski definition) is 2. The van der Waals surface area contributed by atoms with Crippen LogP contribution in [0.2, 0.25) is 5.02 Å². The van der Waals surface area contributed by atoms with Crippen molar-refractivity contribution in [2.75, 3.05) is 0 Å². The van der Waals surface area contributed by atoms with E-state index in [-0.39, 0.29) is 0 Å². The zero-order valence-electron chi connectivity index (χ0n) is 8.48. The highest BCUT2D eigenvalue weighted by Gasteiger charge is 2.30. The van der Waals surface area contributed by atoms with E-state index in [9.17, 15) is 9.90 Å². The number of nitrogens with one attached hydrogen (secondary N) is 1. The van der Waals surface area contributed by atoms with Crippen LogP contribution in [0, 0.1) is 0 Å². The number of rotatable bonds is 1. The summed E-state index contributed by atoms with van der Waals surface area (Å²) in [5.74, 6) is 0. The van der Waals surface area contributed by atoms with Crippen molar-refractivity contribution in [3.8, 4) is 0 Å². The van der Waals surface area contributed by atoms with Crippen molar-refractivity contribution in [1.29, 1.82) is 0 Å². The van der Waals surface area contributed by atoms with Gasteiger partial charge in [-0.3, -0.25) is 0 Å². The van der Waals surface area contributed by atoms with Crippen LogP contribution in [0.1, 0.15) is 23.7 Å². The summed E-state index contributed by atoms with van der Waals surface area (Å²) in [5.41, 5.74) is 1.64. The molecule has 1 aliphatic rings. The molecule has 3 N–H and O–H groups in total. The number of halogens is 1. The smallest absolute Gasteiger partial charge is 0.404 e. The first-order chi connectivity index (χ1) is 7.59. The molecule has 0 saturated carbocycles. The number of aliphatic hydroxyl groups excluding tert-OH is 1. The number of fused-ring (bicyclic) bond motifs is 1. The Morgan fingerprint density at radius 3 is 2.94 bits per heavy atom. The van der Waals surface area contributed by atoms with Gasteiger partial charge in [0.2, 0.25) is 0 Å². The fourth-order valence-corrected chi connectivity index (χ4v) is 2.42. The molecular weight excluding hydrogens is 230 g/mol. The summed E-state index contributed by atoms with van der Waals surface area (Å²) in [6.45, 7) is 0. The Hall–Kier alpha value is -1.26. The van der Waals surface area contributed by atoms with E-state index in [1.54, 1.807) is 6.07 Å². The molecule has 0 unspecified atom stereocenters. The highest BCUT2D eigenvalue weighted by atomic mass is 35.5. The third kappa shape index (κ3) is 1.99. The third-order valence-electron chi connectivity index (χ3n) is 2.85. The number of benzene rings is 1. The van der Waals surface area contributed by atoms with Crippen molar-refractivity contribution in [3.63, 3.8) is 0 Å². The number of carboxylic acid groups (broad SMARTS) is 1. The van der Waals surface area contributed by atoms with E-state index in [1.807, 2.05) is 12.1 Å². The maximum absolute atomic E-state index is 10.6. The minimum absolute atomic E-state index is 0.482. The number of aliphatic hydroxyl groups is 1. The van der Waals surface area contributed by atoms with E-state index in [0.29, 0.717) is 17.0 Å². The summed E-state index contributed by atoms with van der Waals surface area (Å²) in [6, 6.07) is 4.96. The molecule has 86 valence electrons. The van der Waals surface area contributed by atoms with Gasteiger partial charge >= 0.3 is 6.09 Å². The molecule has 0 aromatic heterocycles. The highest BCUT2D eigenvalue weighted by molar-refractivity contribution is 6.31. The lowest BCUT2D eigenvalue weighted by atomic mass is 9.86. The van der Waals surface area contributed by atoms with Crippen LogP contribution in [0.25, 0.3) is 0 Å². The minimum Gasteiger partial charge on any atom is -0.465 e. The van der Waals surface area contributed by atoms with Crippen LogP contribution in [-0.4, -0.2) is 22.3 Å². The van der Waals surface area contributed by atoms with E-state index in [2.05, 4.69) is 5.32 Å². The second kappa shape index (κ2) is 4.31. The zero-order valence-corrected chi connectivity index (χ0v) is 9.24. The molecule has 0 saturated heterocycles. The number of carbonyl (C=O) groups is 1. The molecular formula is C11H12ClNO3. The van der Waals surface area contributed by atoms with Gasteiger partial charge in [0.15, 0.2) is 0 Å². The maximum Gasteiger partial charge on any atom is 0.404 e. The standard InChI is InChI=1S/C11H12ClNO3/c12-7-3-1-2-6-4-5-8(13-11(15)16)10(14)9(6)7/h1-3,8,10,13-14H,4-5H2,(H,15,16)/t8-,10-/m0/s1. The topological polar surface area (TPSA) is 69.6 Å². The number of hydrogen-bond donors (Lipinski definition) is 3. The Morgan fingerprint density at radius 1 is 1.50 bits per heavy atom. The van der Waals surface area contributed by atoms with Crippen molar-refractivity contribution in [3.05, 3.63) is 34.3 Å². The Labute approximate surface area is 97.9 Å². The maximum atomic E-state index is 10.6. The summed E-state index contributed by atoms with van der Waals surface area (Å²) in [4.78, 5) is 10.6. The summed E-state index contributed by atoms with van der Waals surface area (Å²) >= 11 is 6.00. The van der Waals surface area contributed by atoms with E-state index in [1.165, 1.54) is 0 Å². The van der Waals surface area contributed by atoms with Crippen molar-refractivity contribution in [2.45, 2.75) is 25.0 Å². The van der Waals surface area contributed by atoms with Crippen LogP contribution in [0.4, 0.5) is 4.79 Å². The van der Waals surface area contributed by atoms with Gasteiger partial charge in [-0.1, -0.05) is 23.7 Å². The lowest BCUT2D eigenvalue weighted by Crippen LogP contribution is -2.41. The molecule has 1 amide bonds. The van der Waals surface area contributed by atoms with E-state index >= 15 is 0 Å². The molecule has 2 rings (SSSR count). The van der Waals surface area contributed by atoms with Gasteiger partial charge in [0.25, 0.3) is 0 Å². The number of amides is 1. The second-order valence-electron chi connectivity index (χ2n) is 3.85. The lowest BCUT2D eigenvalue weighted by molar-refractivity contribution is 0.109. The Balaban J connectivity index is 2.30. The average Bonchev–Trinajstić information content (AvgIpc) is 2.22. The van der Waals surface area contributed by atoms with Crippen molar-refractivity contribution in [2.24, 2.45) is 0 Å². The molecule has 4 nitrogen and oxygen atoms in total. The van der Waals surface area contributed by atoms with Crippen molar-refractivity contribution < 1.29 is 15.0 Å². The van der Waals surface area contributed by atoms with Crippen LogP contribution in [0.15, 0.2) is 18.2 Å². The summed E-state index contributed by atoms with van der Waals surface area (Å²) in [7, 11) is 0. The molecule has 1 aromatic carbocycles. The van der Waals surface area contributed by atoms with Gasteiger partial charge in [0.1, 0.15) is 6.10 Å². The molecule has 1 aromatic rings. The first-order valence-corrected chi connectivity index (χ1v) is 5.42. The molecule has 0 heterocycles. The van der Waals surface area contributed by atoms with Gasteiger partial charge < -0.3 is 15.5 Å². The fourth-order valence-electron chi connectivity index (χ4n) is 2.11. The van der Waals surface area contributed by atoms with E-state index in [0.717, 1.165) is 12.0 Å². The molecule has 0 spiro atoms. The molecule has 16 heavy (non-hydrogen) atoms. The largest absolute Gasteiger partial charge is 0.465 e. The highest BCUT2D eigenvalue weighted by Crippen LogP contribution is 2.34. The lowest BCUT2D eigenvalue weighted by Gasteiger charge is -2.30. The van der Waals surface area contributed by atoms with Gasteiger partial charge in [-0.15, -0.1) is 0 Å². The Bertz CT molecular complexity index is 422. The van der Waals surface area contributed by atoms with Gasteiger partial charge in [-0.25, -0.2) is 4.79 Å². The van der Waals surface area contributed by atoms with Gasteiger partial charge in [0, 0.05) is 10.6 Å². The normalized spacial score (nSPS) is 23.6. The average molecular weight is 242 g/mol. The third-order valence-corrected chi connectivity index (χ3v) is 3.18. The molecule has 5 heteroatoms. The SMILES string of the molecule is O=C(O)N[C@H]1CCc2cccc(Cl)c2[C@H]1O. The predicted octanol–water partition coefficient (Wildman–Crippen LogP) is 1.96. The fraction of sp³-hybridized carbons (Fsp3) is 0.364. The Morgan fingerprint density at radius 2 is 2.25 bits per heavy atom. The van der Waals surface area contributed by atoms with Gasteiger partial charge in [-0.2, -0.15) is 0 Å². The summed E-state index contributed by atoms with van der Waals surface area (Å²) in [5, 5.41) is 21.5. The van der Waals surface area contributed by atoms with Crippen LogP contribution in [0.5, 0.6) is 0 Å². The van der Waals surface area contributed by atoms with Crippen LogP contribution < -0.4 is 5.32 Å². The monoisotopic (exact) mass is 241 g/mol. The molecule has 2 atom stereocenters. The molecule has 1 aliphatic carbocycles. The Kier molecular flexibility index (Phi) is 3.03. The number of aryl methyl sites for hydroxylation is 1. The van der Waals surface area contributed by atoms with Gasteiger partial charge in [0.05, 0.1) is 6.04 Å². The second-order valence-corrected chi connectivity index (χ2v) is 4.26. The van der Waals surface area contributed by atoms with Gasteiger partial charge in [-0.05, 0) is 24.5 Å². The summed E-state index contributed by atoms with van der Waals surface area (Å²) in [6.07, 6.45) is -0.688. The molecule has 0 radical (unpaired) electrons. The molecule has 0 bridgehead atoms. The van der Waals surface area contributed by atoms with Crippen molar-refractivity contribution >= 4 is 17.7 Å². The molecule has 0 aliphatic heterocycles. The van der Waals surface area contributed by atoms with Crippen LogP contribution in [0.3, 0.4) is 0 Å². The minimum atomic E-state index is -1.13. The van der Waals surface area contributed by atoms with E-state index < -0.39 is 18.2 Å². The summed E-state index contributed by atoms with van der Waals surface area (Å²) < 4.78 is 0. The first kappa shape index (κ1) is 11.2. The van der Waals surface area contributed by atoms with Crippen LogP contribution >= 0.6 is 11.6 Å². The molecule has 0 fully saturated rings. The zero-order chi connectivity index (χ0) is 11.7. The quantitative estimate of drug-likeness (QED) is 0.704.